The molecule has 0 bridgehead atoms. The molecule has 39 heavy (non-hydrogen) atoms. The Bertz CT molecular complexity index is 1700. The molecule has 202 valence electrons. The molecule has 2 aromatic heterocycles. The lowest BCUT2D eigenvalue weighted by Gasteiger charge is -2.30. The minimum Gasteiger partial charge on any atom is -0.493 e. The van der Waals surface area contributed by atoms with Crippen LogP contribution in [0.3, 0.4) is 0 Å². The summed E-state index contributed by atoms with van der Waals surface area (Å²) >= 11 is 0. The summed E-state index contributed by atoms with van der Waals surface area (Å²) in [6.07, 6.45) is 4.48. The number of aryl methyl sites for hydroxylation is 3. The molecule has 2 heterocycles. The van der Waals surface area contributed by atoms with Crippen molar-refractivity contribution < 1.29 is 17.9 Å². The van der Waals surface area contributed by atoms with E-state index in [0.717, 1.165) is 36.8 Å². The lowest BCUT2D eigenvalue weighted by atomic mass is 9.87. The molecular weight excluding hydrogens is 517 g/mol. The standard InChI is InChI=1S/C30H30FN3O4S/c1-3-4-12-27-33-29(35)28(30(36)34(27)25-11-7-9-20-8-5-6-10-24(20)25)39(37,38)22-15-13-21(14-16-22)23-17-18-26(31)32-19(23)2/h5-6,8,10,13-18,25,36H,3-4,7,9,11-12H2,1-2H3/t25-/m0/s1. The van der Waals surface area contributed by atoms with E-state index in [1.165, 1.54) is 18.2 Å². The Hall–Kier alpha value is -3.85. The Morgan fingerprint density at radius 3 is 2.51 bits per heavy atom. The number of hydrogen-bond acceptors (Lipinski definition) is 6. The smallest absolute Gasteiger partial charge is 0.296 e. The summed E-state index contributed by atoms with van der Waals surface area (Å²) in [6, 6.07) is 16.3. The van der Waals surface area contributed by atoms with Crippen molar-refractivity contribution in [1.82, 2.24) is 14.5 Å². The van der Waals surface area contributed by atoms with Gasteiger partial charge < -0.3 is 5.11 Å². The van der Waals surface area contributed by atoms with Crippen molar-refractivity contribution in [3.05, 3.63) is 99.6 Å². The van der Waals surface area contributed by atoms with Gasteiger partial charge in [-0.05, 0) is 73.6 Å². The predicted octanol–water partition coefficient (Wildman–Crippen LogP) is 5.56. The summed E-state index contributed by atoms with van der Waals surface area (Å²) in [5.74, 6) is -0.794. The first-order chi connectivity index (χ1) is 18.7. The van der Waals surface area contributed by atoms with E-state index in [1.807, 2.05) is 31.2 Å². The van der Waals surface area contributed by atoms with Gasteiger partial charge in [-0.25, -0.2) is 13.4 Å². The minimum absolute atomic E-state index is 0.148. The maximum Gasteiger partial charge on any atom is 0.296 e. The second-order valence-electron chi connectivity index (χ2n) is 9.86. The van der Waals surface area contributed by atoms with E-state index in [2.05, 4.69) is 9.97 Å². The molecule has 9 heteroatoms. The zero-order chi connectivity index (χ0) is 27.7. The van der Waals surface area contributed by atoms with E-state index in [1.54, 1.807) is 29.7 Å². The number of unbranched alkanes of at least 4 members (excludes halogenated alkanes) is 1. The van der Waals surface area contributed by atoms with Crippen LogP contribution in [-0.2, 0) is 22.7 Å². The molecule has 0 fully saturated rings. The van der Waals surface area contributed by atoms with Crippen molar-refractivity contribution in [2.24, 2.45) is 0 Å². The Labute approximate surface area is 226 Å². The number of pyridine rings is 1. The van der Waals surface area contributed by atoms with Gasteiger partial charge >= 0.3 is 0 Å². The maximum atomic E-state index is 13.8. The van der Waals surface area contributed by atoms with Gasteiger partial charge in [0.15, 0.2) is 4.90 Å². The molecule has 0 spiro atoms. The van der Waals surface area contributed by atoms with Gasteiger partial charge in [-0.3, -0.25) is 9.36 Å². The zero-order valence-corrected chi connectivity index (χ0v) is 22.7. The first-order valence-electron chi connectivity index (χ1n) is 13.1. The molecule has 0 radical (unpaired) electrons. The largest absolute Gasteiger partial charge is 0.493 e. The van der Waals surface area contributed by atoms with Crippen LogP contribution in [0, 0.1) is 12.9 Å². The molecule has 0 amide bonds. The van der Waals surface area contributed by atoms with Gasteiger partial charge in [0.2, 0.25) is 21.7 Å². The fourth-order valence-electron chi connectivity index (χ4n) is 5.39. The highest BCUT2D eigenvalue weighted by atomic mass is 32.2. The average Bonchev–Trinajstić information content (AvgIpc) is 2.91. The van der Waals surface area contributed by atoms with E-state index in [-0.39, 0.29) is 10.9 Å². The lowest BCUT2D eigenvalue weighted by molar-refractivity contribution is 0.346. The molecule has 0 unspecified atom stereocenters. The SMILES string of the molecule is CCCCc1nc(=O)c(S(=O)(=O)c2ccc(-c3ccc(F)nc3C)cc2)c(O)n1[C@H]1CCCc2ccccc21. The van der Waals surface area contributed by atoms with E-state index in [0.29, 0.717) is 35.5 Å². The normalized spacial score (nSPS) is 15.2. The average molecular weight is 548 g/mol. The Morgan fingerprint density at radius 2 is 1.79 bits per heavy atom. The molecular formula is C30H30FN3O4S. The number of aromatic hydroxyl groups is 1. The van der Waals surface area contributed by atoms with Crippen LogP contribution in [0.4, 0.5) is 4.39 Å². The Kier molecular flexibility index (Phi) is 7.36. The van der Waals surface area contributed by atoms with Crippen molar-refractivity contribution in [3.63, 3.8) is 0 Å². The highest BCUT2D eigenvalue weighted by Gasteiger charge is 2.33. The number of nitrogens with zero attached hydrogens (tertiary/aromatic N) is 3. The summed E-state index contributed by atoms with van der Waals surface area (Å²) in [5.41, 5.74) is 2.93. The second-order valence-corrected chi connectivity index (χ2v) is 11.7. The van der Waals surface area contributed by atoms with Crippen LogP contribution in [0.15, 0.2) is 75.2 Å². The number of rotatable bonds is 7. The number of benzene rings is 2. The molecule has 7 nitrogen and oxygen atoms in total. The van der Waals surface area contributed by atoms with Gasteiger partial charge in [0.1, 0.15) is 5.82 Å². The van der Waals surface area contributed by atoms with Gasteiger partial charge in [0.25, 0.3) is 5.56 Å². The second kappa shape index (κ2) is 10.7. The molecule has 5 rings (SSSR count). The summed E-state index contributed by atoms with van der Waals surface area (Å²) in [4.78, 5) is 20.4. The highest BCUT2D eigenvalue weighted by molar-refractivity contribution is 7.91. The summed E-state index contributed by atoms with van der Waals surface area (Å²) in [7, 11) is -4.41. The molecule has 4 aromatic rings. The van der Waals surface area contributed by atoms with Gasteiger partial charge in [0, 0.05) is 17.7 Å². The van der Waals surface area contributed by atoms with Crippen LogP contribution in [-0.4, -0.2) is 28.1 Å². The topological polar surface area (TPSA) is 102 Å². The third-order valence-electron chi connectivity index (χ3n) is 7.33. The van der Waals surface area contributed by atoms with Gasteiger partial charge in [-0.2, -0.15) is 9.37 Å². The van der Waals surface area contributed by atoms with Crippen molar-refractivity contribution in [2.75, 3.05) is 0 Å². The molecule has 1 atom stereocenters. The van der Waals surface area contributed by atoms with Crippen molar-refractivity contribution >= 4 is 9.84 Å². The maximum absolute atomic E-state index is 13.8. The van der Waals surface area contributed by atoms with E-state index in [4.69, 9.17) is 0 Å². The molecule has 1 aliphatic rings. The number of hydrogen-bond donors (Lipinski definition) is 1. The molecule has 0 aliphatic heterocycles. The van der Waals surface area contributed by atoms with Crippen molar-refractivity contribution in [2.45, 2.75) is 68.2 Å². The Morgan fingerprint density at radius 1 is 1.05 bits per heavy atom. The molecule has 1 N–H and O–H groups in total. The van der Waals surface area contributed by atoms with Crippen LogP contribution >= 0.6 is 0 Å². The summed E-state index contributed by atoms with van der Waals surface area (Å²) in [5, 5.41) is 11.5. The quantitative estimate of drug-likeness (QED) is 0.304. The van der Waals surface area contributed by atoms with Crippen LogP contribution < -0.4 is 5.56 Å². The highest BCUT2D eigenvalue weighted by Crippen LogP contribution is 2.38. The number of sulfone groups is 1. The van der Waals surface area contributed by atoms with E-state index in [9.17, 15) is 22.7 Å². The zero-order valence-electron chi connectivity index (χ0n) is 21.9. The Balaban J connectivity index is 1.63. The van der Waals surface area contributed by atoms with E-state index < -0.39 is 32.1 Å². The summed E-state index contributed by atoms with van der Waals surface area (Å²) in [6.45, 7) is 3.68. The molecule has 2 aromatic carbocycles. The number of fused-ring (bicyclic) bond motifs is 1. The minimum atomic E-state index is -4.41. The van der Waals surface area contributed by atoms with Crippen LogP contribution in [0.25, 0.3) is 11.1 Å². The van der Waals surface area contributed by atoms with E-state index >= 15 is 0 Å². The lowest BCUT2D eigenvalue weighted by Crippen LogP contribution is -2.29. The first kappa shape index (κ1) is 26.7. The summed E-state index contributed by atoms with van der Waals surface area (Å²) < 4.78 is 42.5. The predicted molar refractivity (Wildman–Crippen MR) is 146 cm³/mol. The monoisotopic (exact) mass is 547 g/mol. The third kappa shape index (κ3) is 4.98. The molecule has 0 saturated carbocycles. The van der Waals surface area contributed by atoms with Crippen molar-refractivity contribution in [1.29, 1.82) is 0 Å². The van der Waals surface area contributed by atoms with Crippen molar-refractivity contribution in [3.8, 4) is 17.0 Å². The van der Waals surface area contributed by atoms with Crippen LogP contribution in [0.5, 0.6) is 5.88 Å². The number of halogens is 1. The molecule has 1 aliphatic carbocycles. The van der Waals surface area contributed by atoms with Gasteiger partial charge in [-0.15, -0.1) is 0 Å². The number of aromatic nitrogens is 3. The van der Waals surface area contributed by atoms with Gasteiger partial charge in [0.05, 0.1) is 10.9 Å². The fraction of sp³-hybridized carbons (Fsp3) is 0.300. The van der Waals surface area contributed by atoms with Crippen LogP contribution in [0.2, 0.25) is 0 Å². The molecule has 0 saturated heterocycles. The van der Waals surface area contributed by atoms with Gasteiger partial charge in [-0.1, -0.05) is 49.7 Å². The fourth-order valence-corrected chi connectivity index (χ4v) is 6.73. The third-order valence-corrected chi connectivity index (χ3v) is 9.12. The van der Waals surface area contributed by atoms with Crippen LogP contribution in [0.1, 0.15) is 61.3 Å². The first-order valence-corrected chi connectivity index (χ1v) is 14.6.